The molecule has 0 saturated heterocycles. The van der Waals surface area contributed by atoms with Crippen molar-refractivity contribution >= 4 is 5.69 Å². The topological polar surface area (TPSA) is 40.7 Å². The van der Waals surface area contributed by atoms with E-state index in [-0.39, 0.29) is 5.82 Å². The predicted octanol–water partition coefficient (Wildman–Crippen LogP) is 4.44. The fourth-order valence-corrected chi connectivity index (χ4v) is 2.36. The largest absolute Gasteiger partial charge is 0.381 e. The van der Waals surface area contributed by atoms with Crippen molar-refractivity contribution in [3.8, 4) is 11.3 Å². The van der Waals surface area contributed by atoms with Crippen molar-refractivity contribution in [2.24, 2.45) is 0 Å². The zero-order valence-electron chi connectivity index (χ0n) is 12.7. The van der Waals surface area contributed by atoms with Crippen LogP contribution in [-0.2, 0) is 6.54 Å². The molecule has 0 fully saturated rings. The zero-order chi connectivity index (χ0) is 15.5. The van der Waals surface area contributed by atoms with Gasteiger partial charge >= 0.3 is 0 Å². The lowest BCUT2D eigenvalue weighted by atomic mass is 10.1. The second-order valence-corrected chi connectivity index (χ2v) is 5.43. The van der Waals surface area contributed by atoms with Crippen LogP contribution in [0.25, 0.3) is 11.3 Å². The van der Waals surface area contributed by atoms with Crippen molar-refractivity contribution in [1.82, 2.24) is 10.2 Å². The molecule has 1 heterocycles. The van der Waals surface area contributed by atoms with Gasteiger partial charge in [-0.1, -0.05) is 6.07 Å². The second kappa shape index (κ2) is 6.02. The van der Waals surface area contributed by atoms with Crippen LogP contribution in [0.4, 0.5) is 10.1 Å². The first-order chi connectivity index (χ1) is 10.6. The average Bonchev–Trinajstić information content (AvgIpc) is 2.98. The van der Waals surface area contributed by atoms with Gasteiger partial charge in [-0.25, -0.2) is 4.39 Å². The molecule has 2 aromatic carbocycles. The van der Waals surface area contributed by atoms with Gasteiger partial charge in [0.05, 0.1) is 11.9 Å². The summed E-state index contributed by atoms with van der Waals surface area (Å²) in [7, 11) is 0. The molecule has 22 heavy (non-hydrogen) atoms. The van der Waals surface area contributed by atoms with Crippen molar-refractivity contribution in [3.63, 3.8) is 0 Å². The molecule has 3 nitrogen and oxygen atoms in total. The van der Waals surface area contributed by atoms with Crippen molar-refractivity contribution in [2.75, 3.05) is 5.32 Å². The van der Waals surface area contributed by atoms with Gasteiger partial charge in [-0.2, -0.15) is 5.10 Å². The first-order valence-electron chi connectivity index (χ1n) is 7.23. The molecule has 0 bridgehead atoms. The number of rotatable bonds is 4. The van der Waals surface area contributed by atoms with Crippen LogP contribution in [0, 0.1) is 19.7 Å². The van der Waals surface area contributed by atoms with Crippen molar-refractivity contribution in [1.29, 1.82) is 0 Å². The number of benzene rings is 2. The summed E-state index contributed by atoms with van der Waals surface area (Å²) in [6.45, 7) is 4.86. The van der Waals surface area contributed by atoms with E-state index in [1.165, 1.54) is 23.3 Å². The van der Waals surface area contributed by atoms with Gasteiger partial charge in [0.2, 0.25) is 0 Å². The van der Waals surface area contributed by atoms with Crippen molar-refractivity contribution < 1.29 is 4.39 Å². The number of aryl methyl sites for hydroxylation is 2. The van der Waals surface area contributed by atoms with Gasteiger partial charge in [0.25, 0.3) is 0 Å². The fourth-order valence-electron chi connectivity index (χ4n) is 2.36. The van der Waals surface area contributed by atoms with E-state index in [1.54, 1.807) is 18.3 Å². The Hall–Kier alpha value is -2.62. The molecule has 1 aromatic heterocycles. The minimum absolute atomic E-state index is 0.238. The highest BCUT2D eigenvalue weighted by Crippen LogP contribution is 2.22. The molecule has 3 rings (SSSR count). The summed E-state index contributed by atoms with van der Waals surface area (Å²) in [6, 6.07) is 12.7. The van der Waals surface area contributed by atoms with Crippen LogP contribution < -0.4 is 5.32 Å². The molecule has 0 spiro atoms. The molecule has 0 aliphatic carbocycles. The standard InChI is InChI=1S/C18H18FN3/c1-12-3-8-17(9-13(12)2)20-10-15-11-21-22-18(15)14-4-6-16(19)7-5-14/h3-9,11,20H,10H2,1-2H3,(H,21,22). The molecule has 0 atom stereocenters. The Labute approximate surface area is 129 Å². The predicted molar refractivity (Wildman–Crippen MR) is 87.2 cm³/mol. The van der Waals surface area contributed by atoms with Gasteiger partial charge in [0, 0.05) is 23.4 Å². The minimum atomic E-state index is -0.238. The van der Waals surface area contributed by atoms with Gasteiger partial charge in [-0.15, -0.1) is 0 Å². The number of anilines is 1. The maximum absolute atomic E-state index is 13.0. The van der Waals surface area contributed by atoms with E-state index >= 15 is 0 Å². The third kappa shape index (κ3) is 3.01. The Bertz CT molecular complexity index is 775. The smallest absolute Gasteiger partial charge is 0.123 e. The molecule has 0 amide bonds. The quantitative estimate of drug-likeness (QED) is 0.747. The number of nitrogens with one attached hydrogen (secondary N) is 2. The number of halogens is 1. The van der Waals surface area contributed by atoms with Gasteiger partial charge in [-0.3, -0.25) is 5.10 Å². The molecule has 0 saturated carbocycles. The average molecular weight is 295 g/mol. The Balaban J connectivity index is 1.77. The second-order valence-electron chi connectivity index (χ2n) is 5.43. The Morgan fingerprint density at radius 2 is 1.82 bits per heavy atom. The summed E-state index contributed by atoms with van der Waals surface area (Å²) in [5, 5.41) is 10.5. The highest BCUT2D eigenvalue weighted by molar-refractivity contribution is 5.63. The van der Waals surface area contributed by atoms with E-state index in [0.717, 1.165) is 22.5 Å². The lowest BCUT2D eigenvalue weighted by Crippen LogP contribution is -2.00. The minimum Gasteiger partial charge on any atom is -0.381 e. The van der Waals surface area contributed by atoms with Gasteiger partial charge in [0.1, 0.15) is 5.82 Å². The summed E-state index contributed by atoms with van der Waals surface area (Å²) in [6.07, 6.45) is 1.80. The third-order valence-electron chi connectivity index (χ3n) is 3.84. The Morgan fingerprint density at radius 1 is 1.05 bits per heavy atom. The third-order valence-corrected chi connectivity index (χ3v) is 3.84. The molecule has 3 aromatic rings. The van der Waals surface area contributed by atoms with E-state index in [9.17, 15) is 4.39 Å². The summed E-state index contributed by atoms with van der Waals surface area (Å²) in [5.41, 5.74) is 6.50. The van der Waals surface area contributed by atoms with E-state index < -0.39 is 0 Å². The SMILES string of the molecule is Cc1ccc(NCc2cn[nH]c2-c2ccc(F)cc2)cc1C. The van der Waals surface area contributed by atoms with Crippen LogP contribution in [0.15, 0.2) is 48.7 Å². The number of hydrogen-bond acceptors (Lipinski definition) is 2. The Morgan fingerprint density at radius 3 is 2.55 bits per heavy atom. The molecule has 112 valence electrons. The molecular weight excluding hydrogens is 277 g/mol. The maximum Gasteiger partial charge on any atom is 0.123 e. The van der Waals surface area contributed by atoms with Crippen LogP contribution in [0.2, 0.25) is 0 Å². The van der Waals surface area contributed by atoms with E-state index in [0.29, 0.717) is 6.54 Å². The van der Waals surface area contributed by atoms with Crippen LogP contribution in [0.1, 0.15) is 16.7 Å². The summed E-state index contributed by atoms with van der Waals surface area (Å²) in [4.78, 5) is 0. The number of nitrogens with zero attached hydrogens (tertiary/aromatic N) is 1. The monoisotopic (exact) mass is 295 g/mol. The number of hydrogen-bond donors (Lipinski definition) is 2. The van der Waals surface area contributed by atoms with Crippen molar-refractivity contribution in [2.45, 2.75) is 20.4 Å². The molecule has 0 aliphatic rings. The molecular formula is C18H18FN3. The molecule has 0 radical (unpaired) electrons. The number of aromatic amines is 1. The van der Waals surface area contributed by atoms with Crippen LogP contribution >= 0.6 is 0 Å². The van der Waals surface area contributed by atoms with Gasteiger partial charge in [-0.05, 0) is 61.4 Å². The zero-order valence-corrected chi connectivity index (χ0v) is 12.7. The fraction of sp³-hybridized carbons (Fsp3) is 0.167. The lowest BCUT2D eigenvalue weighted by Gasteiger charge is -2.09. The van der Waals surface area contributed by atoms with Gasteiger partial charge in [0.15, 0.2) is 0 Å². The first kappa shape index (κ1) is 14.3. The van der Waals surface area contributed by atoms with Gasteiger partial charge < -0.3 is 5.32 Å². The molecule has 0 aliphatic heterocycles. The Kier molecular flexibility index (Phi) is 3.92. The normalized spacial score (nSPS) is 10.7. The van der Waals surface area contributed by atoms with Crippen LogP contribution in [0.3, 0.4) is 0 Å². The molecule has 0 unspecified atom stereocenters. The first-order valence-corrected chi connectivity index (χ1v) is 7.23. The molecule has 2 N–H and O–H groups in total. The van der Waals surface area contributed by atoms with E-state index in [2.05, 4.69) is 47.6 Å². The lowest BCUT2D eigenvalue weighted by molar-refractivity contribution is 0.628. The highest BCUT2D eigenvalue weighted by Gasteiger charge is 2.08. The van der Waals surface area contributed by atoms with Crippen LogP contribution in [-0.4, -0.2) is 10.2 Å². The summed E-state index contributed by atoms with van der Waals surface area (Å²) >= 11 is 0. The maximum atomic E-state index is 13.0. The summed E-state index contributed by atoms with van der Waals surface area (Å²) < 4.78 is 13.0. The van der Waals surface area contributed by atoms with E-state index in [1.807, 2.05) is 0 Å². The summed E-state index contributed by atoms with van der Waals surface area (Å²) in [5.74, 6) is -0.238. The highest BCUT2D eigenvalue weighted by atomic mass is 19.1. The number of aromatic nitrogens is 2. The molecule has 4 heteroatoms. The van der Waals surface area contributed by atoms with Crippen molar-refractivity contribution in [3.05, 3.63) is 71.2 Å². The van der Waals surface area contributed by atoms with E-state index in [4.69, 9.17) is 0 Å². The van der Waals surface area contributed by atoms with Crippen LogP contribution in [0.5, 0.6) is 0 Å². The number of H-pyrrole nitrogens is 1.